The largest absolute Gasteiger partial charge is 0.383 e. The quantitative estimate of drug-likeness (QED) is 0.652. The first-order valence-corrected chi connectivity index (χ1v) is 8.35. The number of hydrogen-bond donors (Lipinski definition) is 1. The van der Waals surface area contributed by atoms with Crippen LogP contribution in [-0.2, 0) is 0 Å². The molecule has 0 aliphatic heterocycles. The topological polar surface area (TPSA) is 62.7 Å². The lowest BCUT2D eigenvalue weighted by atomic mass is 10.0. The van der Waals surface area contributed by atoms with E-state index in [1.165, 1.54) is 0 Å². The van der Waals surface area contributed by atoms with E-state index in [0.717, 1.165) is 21.6 Å². The summed E-state index contributed by atoms with van der Waals surface area (Å²) in [6.45, 7) is 2.00. The van der Waals surface area contributed by atoms with Gasteiger partial charge >= 0.3 is 0 Å². The van der Waals surface area contributed by atoms with Gasteiger partial charge in [0.15, 0.2) is 0 Å². The SMILES string of the molecule is Cc1ccsc1-c1cc(-c2ccc(Cl)cc2Cl)nc(N)c1C#N. The summed E-state index contributed by atoms with van der Waals surface area (Å²) in [6.07, 6.45) is 0. The Morgan fingerprint density at radius 3 is 2.57 bits per heavy atom. The van der Waals surface area contributed by atoms with E-state index in [2.05, 4.69) is 11.1 Å². The van der Waals surface area contributed by atoms with Crippen molar-refractivity contribution in [2.75, 3.05) is 5.73 Å². The summed E-state index contributed by atoms with van der Waals surface area (Å²) in [5, 5.41) is 12.5. The molecule has 0 fully saturated rings. The Morgan fingerprint density at radius 1 is 1.17 bits per heavy atom. The van der Waals surface area contributed by atoms with E-state index in [0.29, 0.717) is 21.3 Å². The maximum Gasteiger partial charge on any atom is 0.142 e. The molecule has 0 aliphatic carbocycles. The second-order valence-corrected chi connectivity index (χ2v) is 6.74. The van der Waals surface area contributed by atoms with Crippen LogP contribution in [0.2, 0.25) is 10.0 Å². The van der Waals surface area contributed by atoms with Crippen molar-refractivity contribution in [1.82, 2.24) is 4.98 Å². The summed E-state index contributed by atoms with van der Waals surface area (Å²) >= 11 is 13.8. The highest BCUT2D eigenvalue weighted by Crippen LogP contribution is 2.37. The molecule has 1 aromatic carbocycles. The highest BCUT2D eigenvalue weighted by Gasteiger charge is 2.17. The van der Waals surface area contributed by atoms with Crippen LogP contribution in [0, 0.1) is 18.3 Å². The third kappa shape index (κ3) is 2.91. The normalized spacial score (nSPS) is 10.5. The van der Waals surface area contributed by atoms with Crippen molar-refractivity contribution in [3.05, 3.63) is 56.9 Å². The summed E-state index contributed by atoms with van der Waals surface area (Å²) in [4.78, 5) is 5.34. The number of nitrogen functional groups attached to an aromatic ring is 1. The molecule has 23 heavy (non-hydrogen) atoms. The van der Waals surface area contributed by atoms with Crippen molar-refractivity contribution in [3.63, 3.8) is 0 Å². The van der Waals surface area contributed by atoms with Crippen LogP contribution in [0.25, 0.3) is 21.7 Å². The van der Waals surface area contributed by atoms with Crippen LogP contribution in [0.5, 0.6) is 0 Å². The van der Waals surface area contributed by atoms with Crippen LogP contribution in [0.4, 0.5) is 5.82 Å². The fourth-order valence-electron chi connectivity index (χ4n) is 2.35. The second kappa shape index (κ2) is 6.21. The standard InChI is InChI=1S/C17H11Cl2N3S/c1-9-4-5-23-16(9)12-7-15(22-17(21)13(12)8-20)11-3-2-10(18)6-14(11)19/h2-7H,1H3,(H2,21,22). The van der Waals surface area contributed by atoms with Gasteiger partial charge in [0.1, 0.15) is 17.5 Å². The van der Waals surface area contributed by atoms with Gasteiger partial charge in [-0.3, -0.25) is 0 Å². The molecule has 0 bridgehead atoms. The van der Waals surface area contributed by atoms with Crippen LogP contribution in [-0.4, -0.2) is 4.98 Å². The average Bonchev–Trinajstić information content (AvgIpc) is 2.92. The van der Waals surface area contributed by atoms with Gasteiger partial charge in [0.25, 0.3) is 0 Å². The van der Waals surface area contributed by atoms with Gasteiger partial charge in [-0.05, 0) is 48.2 Å². The molecule has 0 saturated carbocycles. The van der Waals surface area contributed by atoms with Gasteiger partial charge in [0.05, 0.1) is 10.7 Å². The molecule has 2 heterocycles. The van der Waals surface area contributed by atoms with Gasteiger partial charge in [0, 0.05) is 21.0 Å². The molecule has 6 heteroatoms. The summed E-state index contributed by atoms with van der Waals surface area (Å²) in [7, 11) is 0. The van der Waals surface area contributed by atoms with Gasteiger partial charge in [-0.1, -0.05) is 23.2 Å². The number of halogens is 2. The third-order valence-electron chi connectivity index (χ3n) is 3.47. The minimum Gasteiger partial charge on any atom is -0.383 e. The minimum absolute atomic E-state index is 0.193. The predicted octanol–water partition coefficient (Wildman–Crippen LogP) is 5.55. The first-order chi connectivity index (χ1) is 11.0. The highest BCUT2D eigenvalue weighted by molar-refractivity contribution is 7.13. The minimum atomic E-state index is 0.193. The lowest BCUT2D eigenvalue weighted by molar-refractivity contribution is 1.31. The molecule has 2 aromatic heterocycles. The number of thiophene rings is 1. The number of pyridine rings is 1. The third-order valence-corrected chi connectivity index (χ3v) is 5.07. The van der Waals surface area contributed by atoms with Gasteiger partial charge in [0.2, 0.25) is 0 Å². The summed E-state index contributed by atoms with van der Waals surface area (Å²) in [6, 6.07) is 11.2. The van der Waals surface area contributed by atoms with Crippen molar-refractivity contribution in [3.8, 4) is 27.8 Å². The van der Waals surface area contributed by atoms with Crippen LogP contribution in [0.3, 0.4) is 0 Å². The highest BCUT2D eigenvalue weighted by atomic mass is 35.5. The molecule has 3 rings (SSSR count). The molecule has 3 aromatic rings. The van der Waals surface area contributed by atoms with Crippen LogP contribution in [0.15, 0.2) is 35.7 Å². The van der Waals surface area contributed by atoms with Crippen LogP contribution >= 0.6 is 34.5 Å². The summed E-state index contributed by atoms with van der Waals surface area (Å²) in [5.74, 6) is 0.193. The zero-order valence-electron chi connectivity index (χ0n) is 12.1. The van der Waals surface area contributed by atoms with Crippen molar-refractivity contribution in [1.29, 1.82) is 5.26 Å². The molecule has 0 aliphatic rings. The van der Waals surface area contributed by atoms with E-state index in [9.17, 15) is 5.26 Å². The number of benzene rings is 1. The fourth-order valence-corrected chi connectivity index (χ4v) is 3.80. The lowest BCUT2D eigenvalue weighted by Gasteiger charge is -2.11. The van der Waals surface area contributed by atoms with E-state index in [1.807, 2.05) is 24.4 Å². The molecule has 0 saturated heterocycles. The molecule has 3 nitrogen and oxygen atoms in total. The Morgan fingerprint density at radius 2 is 1.96 bits per heavy atom. The number of rotatable bonds is 2. The number of hydrogen-bond acceptors (Lipinski definition) is 4. The Labute approximate surface area is 147 Å². The number of nitrogens with two attached hydrogens (primary N) is 1. The van der Waals surface area contributed by atoms with Gasteiger partial charge in [-0.2, -0.15) is 5.26 Å². The maximum atomic E-state index is 9.43. The first-order valence-electron chi connectivity index (χ1n) is 6.71. The number of anilines is 1. The zero-order chi connectivity index (χ0) is 16.6. The van der Waals surface area contributed by atoms with Crippen molar-refractivity contribution in [2.24, 2.45) is 0 Å². The van der Waals surface area contributed by atoms with Gasteiger partial charge in [-0.15, -0.1) is 11.3 Å². The summed E-state index contributed by atoms with van der Waals surface area (Å²) in [5.41, 5.74) is 9.59. The van der Waals surface area contributed by atoms with E-state index in [4.69, 9.17) is 28.9 Å². The Bertz CT molecular complexity index is 941. The number of aromatic nitrogens is 1. The van der Waals surface area contributed by atoms with Crippen molar-refractivity contribution >= 4 is 40.4 Å². The molecule has 0 unspecified atom stereocenters. The summed E-state index contributed by atoms with van der Waals surface area (Å²) < 4.78 is 0. The molecule has 0 amide bonds. The van der Waals surface area contributed by atoms with E-state index in [1.54, 1.807) is 29.5 Å². The molecule has 0 radical (unpaired) electrons. The molecule has 0 spiro atoms. The molecular weight excluding hydrogens is 349 g/mol. The molecule has 2 N–H and O–H groups in total. The van der Waals surface area contributed by atoms with Crippen molar-refractivity contribution < 1.29 is 0 Å². The van der Waals surface area contributed by atoms with E-state index < -0.39 is 0 Å². The van der Waals surface area contributed by atoms with E-state index in [-0.39, 0.29) is 5.82 Å². The monoisotopic (exact) mass is 359 g/mol. The Hall–Kier alpha value is -2.06. The number of nitrogens with zero attached hydrogens (tertiary/aromatic N) is 2. The molecule has 114 valence electrons. The first kappa shape index (κ1) is 15.8. The lowest BCUT2D eigenvalue weighted by Crippen LogP contribution is -1.99. The second-order valence-electron chi connectivity index (χ2n) is 4.98. The predicted molar refractivity (Wildman–Crippen MR) is 96.9 cm³/mol. The van der Waals surface area contributed by atoms with Crippen LogP contribution < -0.4 is 5.73 Å². The molecule has 0 atom stereocenters. The Balaban J connectivity index is 2.27. The smallest absolute Gasteiger partial charge is 0.142 e. The zero-order valence-corrected chi connectivity index (χ0v) is 14.4. The number of nitriles is 1. The van der Waals surface area contributed by atoms with Gasteiger partial charge in [-0.25, -0.2) is 4.98 Å². The fraction of sp³-hybridized carbons (Fsp3) is 0.0588. The van der Waals surface area contributed by atoms with E-state index >= 15 is 0 Å². The maximum absolute atomic E-state index is 9.43. The van der Waals surface area contributed by atoms with Gasteiger partial charge < -0.3 is 5.73 Å². The van der Waals surface area contributed by atoms with Crippen molar-refractivity contribution in [2.45, 2.75) is 6.92 Å². The Kier molecular flexibility index (Phi) is 4.27. The number of aryl methyl sites for hydroxylation is 1. The van der Waals surface area contributed by atoms with Crippen LogP contribution in [0.1, 0.15) is 11.1 Å². The molecular formula is C17H11Cl2N3S. The average molecular weight is 360 g/mol.